The third-order valence-corrected chi connectivity index (χ3v) is 3.54. The van der Waals surface area contributed by atoms with E-state index in [9.17, 15) is 4.79 Å². The van der Waals surface area contributed by atoms with Gasteiger partial charge in [0, 0.05) is 12.6 Å². The molecule has 0 aromatic heterocycles. The van der Waals surface area contributed by atoms with Crippen LogP contribution in [0.5, 0.6) is 5.75 Å². The fourth-order valence-corrected chi connectivity index (χ4v) is 2.46. The van der Waals surface area contributed by atoms with Gasteiger partial charge in [0.25, 0.3) is 5.91 Å². The summed E-state index contributed by atoms with van der Waals surface area (Å²) >= 11 is 0. The summed E-state index contributed by atoms with van der Waals surface area (Å²) in [4.78, 5) is 12.1. The molecular weight excluding hydrogens is 240 g/mol. The standard InChI is InChI=1S/C15H22N2O2/c1-19-14-8-3-2-7-13(14)15(18)17-11-9-12-6-4-5-10-16-12/h2-3,7-8,12,16H,4-6,9-11H2,1H3,(H,17,18). The first-order valence-corrected chi connectivity index (χ1v) is 6.96. The molecule has 4 nitrogen and oxygen atoms in total. The van der Waals surface area contributed by atoms with Crippen molar-refractivity contribution in [1.82, 2.24) is 10.6 Å². The molecule has 1 aromatic rings. The predicted octanol–water partition coefficient (Wildman–Crippen LogP) is 1.96. The maximum Gasteiger partial charge on any atom is 0.255 e. The van der Waals surface area contributed by atoms with Crippen LogP contribution < -0.4 is 15.4 Å². The monoisotopic (exact) mass is 262 g/mol. The summed E-state index contributed by atoms with van der Waals surface area (Å²) in [6, 6.07) is 7.85. The normalized spacial score (nSPS) is 18.9. The minimum atomic E-state index is -0.0618. The molecule has 1 fully saturated rings. The summed E-state index contributed by atoms with van der Waals surface area (Å²) in [7, 11) is 1.58. The third kappa shape index (κ3) is 3.96. The summed E-state index contributed by atoms with van der Waals surface area (Å²) in [5, 5.41) is 6.44. The van der Waals surface area contributed by atoms with Gasteiger partial charge >= 0.3 is 0 Å². The molecule has 19 heavy (non-hydrogen) atoms. The van der Waals surface area contributed by atoms with Crippen molar-refractivity contribution in [3.8, 4) is 5.75 Å². The molecule has 0 bridgehead atoms. The van der Waals surface area contributed by atoms with E-state index in [0.29, 0.717) is 23.9 Å². The Hall–Kier alpha value is -1.55. The zero-order valence-electron chi connectivity index (χ0n) is 11.4. The molecule has 4 heteroatoms. The van der Waals surface area contributed by atoms with Gasteiger partial charge in [-0.25, -0.2) is 0 Å². The molecule has 0 radical (unpaired) electrons. The number of methoxy groups -OCH3 is 1. The van der Waals surface area contributed by atoms with E-state index in [-0.39, 0.29) is 5.91 Å². The maximum absolute atomic E-state index is 12.1. The largest absolute Gasteiger partial charge is 0.496 e. The molecule has 2 N–H and O–H groups in total. The van der Waals surface area contributed by atoms with Crippen molar-refractivity contribution < 1.29 is 9.53 Å². The molecule has 1 aliphatic rings. The molecule has 1 amide bonds. The second kappa shape index (κ2) is 7.14. The molecule has 1 atom stereocenters. The Bertz CT molecular complexity index is 414. The number of nitrogens with one attached hydrogen (secondary N) is 2. The molecule has 104 valence electrons. The van der Waals surface area contributed by atoms with Gasteiger partial charge in [0.15, 0.2) is 0 Å². The van der Waals surface area contributed by atoms with Crippen LogP contribution in [0.4, 0.5) is 0 Å². The van der Waals surface area contributed by atoms with Crippen molar-refractivity contribution in [2.24, 2.45) is 0 Å². The van der Waals surface area contributed by atoms with Crippen LogP contribution in [-0.2, 0) is 0 Å². The van der Waals surface area contributed by atoms with Crippen LogP contribution in [0.3, 0.4) is 0 Å². The Kier molecular flexibility index (Phi) is 5.21. The summed E-state index contributed by atoms with van der Waals surface area (Å²) in [6.45, 7) is 1.81. The molecule has 1 aromatic carbocycles. The number of piperidine rings is 1. The smallest absolute Gasteiger partial charge is 0.255 e. The number of carbonyl (C=O) groups is 1. The fourth-order valence-electron chi connectivity index (χ4n) is 2.46. The van der Waals surface area contributed by atoms with Crippen LogP contribution in [-0.4, -0.2) is 32.1 Å². The van der Waals surface area contributed by atoms with Crippen molar-refractivity contribution in [2.75, 3.05) is 20.2 Å². The number of rotatable bonds is 5. The Labute approximate surface area is 114 Å². The number of amides is 1. The highest BCUT2D eigenvalue weighted by Gasteiger charge is 2.14. The lowest BCUT2D eigenvalue weighted by Gasteiger charge is -2.23. The number of hydrogen-bond donors (Lipinski definition) is 2. The number of benzene rings is 1. The second-order valence-corrected chi connectivity index (χ2v) is 4.89. The summed E-state index contributed by atoms with van der Waals surface area (Å²) in [5.41, 5.74) is 0.599. The van der Waals surface area contributed by atoms with E-state index in [0.717, 1.165) is 13.0 Å². The predicted molar refractivity (Wildman–Crippen MR) is 75.6 cm³/mol. The molecule has 1 saturated heterocycles. The molecule has 0 saturated carbocycles. The summed E-state index contributed by atoms with van der Waals surface area (Å²) < 4.78 is 5.19. The average molecular weight is 262 g/mol. The van der Waals surface area contributed by atoms with Gasteiger partial charge in [-0.3, -0.25) is 4.79 Å². The minimum Gasteiger partial charge on any atom is -0.496 e. The Balaban J connectivity index is 1.80. The van der Waals surface area contributed by atoms with Crippen LogP contribution in [0, 0.1) is 0 Å². The van der Waals surface area contributed by atoms with Crippen molar-refractivity contribution in [3.63, 3.8) is 0 Å². The van der Waals surface area contributed by atoms with Crippen molar-refractivity contribution >= 4 is 5.91 Å². The lowest BCUT2D eigenvalue weighted by molar-refractivity contribution is 0.0948. The van der Waals surface area contributed by atoms with Gasteiger partial charge in [0.1, 0.15) is 5.75 Å². The van der Waals surface area contributed by atoms with Gasteiger partial charge in [-0.1, -0.05) is 18.6 Å². The van der Waals surface area contributed by atoms with Crippen LogP contribution in [0.15, 0.2) is 24.3 Å². The number of para-hydroxylation sites is 1. The van der Waals surface area contributed by atoms with E-state index >= 15 is 0 Å². The highest BCUT2D eigenvalue weighted by atomic mass is 16.5. The van der Waals surface area contributed by atoms with Gasteiger partial charge in [-0.15, -0.1) is 0 Å². The number of hydrogen-bond acceptors (Lipinski definition) is 3. The van der Waals surface area contributed by atoms with E-state index in [2.05, 4.69) is 10.6 Å². The highest BCUT2D eigenvalue weighted by molar-refractivity contribution is 5.96. The molecule has 0 spiro atoms. The average Bonchev–Trinajstić information content (AvgIpc) is 2.48. The maximum atomic E-state index is 12.1. The highest BCUT2D eigenvalue weighted by Crippen LogP contribution is 2.17. The van der Waals surface area contributed by atoms with Crippen molar-refractivity contribution in [2.45, 2.75) is 31.7 Å². The van der Waals surface area contributed by atoms with Gasteiger partial charge in [0.2, 0.25) is 0 Å². The SMILES string of the molecule is COc1ccccc1C(=O)NCCC1CCCCN1. The van der Waals surface area contributed by atoms with Gasteiger partial charge < -0.3 is 15.4 Å². The fraction of sp³-hybridized carbons (Fsp3) is 0.533. The first-order chi connectivity index (χ1) is 9.31. The van der Waals surface area contributed by atoms with Gasteiger partial charge in [-0.2, -0.15) is 0 Å². The van der Waals surface area contributed by atoms with Crippen LogP contribution in [0.2, 0.25) is 0 Å². The third-order valence-electron chi connectivity index (χ3n) is 3.54. The first-order valence-electron chi connectivity index (χ1n) is 6.96. The lowest BCUT2D eigenvalue weighted by atomic mass is 10.0. The molecule has 2 rings (SSSR count). The van der Waals surface area contributed by atoms with E-state index in [4.69, 9.17) is 4.74 Å². The Morgan fingerprint density at radius 1 is 1.42 bits per heavy atom. The zero-order valence-corrected chi connectivity index (χ0v) is 11.4. The van der Waals surface area contributed by atoms with Crippen molar-refractivity contribution in [1.29, 1.82) is 0 Å². The van der Waals surface area contributed by atoms with E-state index in [1.165, 1.54) is 19.3 Å². The van der Waals surface area contributed by atoms with E-state index in [1.54, 1.807) is 19.2 Å². The first kappa shape index (κ1) is 13.9. The molecular formula is C15H22N2O2. The number of ether oxygens (including phenoxy) is 1. The zero-order chi connectivity index (χ0) is 13.5. The van der Waals surface area contributed by atoms with Gasteiger partial charge in [-0.05, 0) is 37.9 Å². The number of carbonyl (C=O) groups excluding carboxylic acids is 1. The van der Waals surface area contributed by atoms with Gasteiger partial charge in [0.05, 0.1) is 12.7 Å². The van der Waals surface area contributed by atoms with Crippen LogP contribution in [0.25, 0.3) is 0 Å². The Morgan fingerprint density at radius 2 is 2.26 bits per heavy atom. The summed E-state index contributed by atoms with van der Waals surface area (Å²) in [5.74, 6) is 0.559. The molecule has 0 aliphatic carbocycles. The van der Waals surface area contributed by atoms with Crippen molar-refractivity contribution in [3.05, 3.63) is 29.8 Å². The topological polar surface area (TPSA) is 50.4 Å². The second-order valence-electron chi connectivity index (χ2n) is 4.89. The van der Waals surface area contributed by atoms with E-state index < -0.39 is 0 Å². The molecule has 1 heterocycles. The Morgan fingerprint density at radius 3 is 3.00 bits per heavy atom. The summed E-state index contributed by atoms with van der Waals surface area (Å²) in [6.07, 6.45) is 4.76. The molecule has 1 aliphatic heterocycles. The quantitative estimate of drug-likeness (QED) is 0.853. The van der Waals surface area contributed by atoms with Crippen LogP contribution in [0.1, 0.15) is 36.0 Å². The molecule has 1 unspecified atom stereocenters. The lowest BCUT2D eigenvalue weighted by Crippen LogP contribution is -2.37. The van der Waals surface area contributed by atoms with Crippen LogP contribution >= 0.6 is 0 Å². The minimum absolute atomic E-state index is 0.0618. The van der Waals surface area contributed by atoms with E-state index in [1.807, 2.05) is 12.1 Å².